The lowest BCUT2D eigenvalue weighted by atomic mass is 10.6. The second-order valence-corrected chi connectivity index (χ2v) is 2.53. The summed E-state index contributed by atoms with van der Waals surface area (Å²) in [6, 6.07) is 0. The number of hydrogen-bond donors (Lipinski definition) is 2. The maximum absolute atomic E-state index is 10.4. The summed E-state index contributed by atoms with van der Waals surface area (Å²) < 4.78 is 0. The van der Waals surface area contributed by atoms with Crippen molar-refractivity contribution < 1.29 is 10.5 Å². The third kappa shape index (κ3) is 0.863. The van der Waals surface area contributed by atoms with Gasteiger partial charge in [0.25, 0.3) is 5.91 Å². The molecule has 1 atom stereocenters. The lowest BCUT2D eigenvalue weighted by molar-refractivity contribution is -0.370. The summed E-state index contributed by atoms with van der Waals surface area (Å²) in [7, 11) is 0. The first kappa shape index (κ1) is 4.93. The predicted octanol–water partition coefficient (Wildman–Crippen LogP) is -1.63. The lowest BCUT2D eigenvalue weighted by Crippen LogP contribution is -2.62. The van der Waals surface area contributed by atoms with Crippen LogP contribution in [0.25, 0.3) is 0 Å². The fourth-order valence-corrected chi connectivity index (χ4v) is 1.06. The third-order valence-electron chi connectivity index (χ3n) is 0.823. The van der Waals surface area contributed by atoms with Crippen molar-refractivity contribution in [1.82, 2.24) is 5.32 Å². The van der Waals surface area contributed by atoms with E-state index in [1.807, 2.05) is 0 Å². The van der Waals surface area contributed by atoms with Crippen LogP contribution in [0.1, 0.15) is 0 Å². The van der Waals surface area contributed by atoms with E-state index in [-0.39, 0.29) is 11.3 Å². The summed E-state index contributed by atoms with van der Waals surface area (Å²) in [6.45, 7) is 0. The molecule has 0 aromatic carbocycles. The molecule has 40 valence electrons. The first-order chi connectivity index (χ1) is 3.30. The minimum absolute atomic E-state index is 0.0602. The van der Waals surface area contributed by atoms with Gasteiger partial charge in [-0.3, -0.25) is 4.79 Å². The van der Waals surface area contributed by atoms with Crippen LogP contribution in [0.15, 0.2) is 0 Å². The zero-order chi connectivity index (χ0) is 5.28. The van der Waals surface area contributed by atoms with Crippen LogP contribution in [0.4, 0.5) is 0 Å². The normalized spacial score (nSPS) is 30.4. The van der Waals surface area contributed by atoms with E-state index >= 15 is 0 Å². The first-order valence-corrected chi connectivity index (χ1v) is 3.08. The van der Waals surface area contributed by atoms with Gasteiger partial charge in [0.1, 0.15) is 0 Å². The van der Waals surface area contributed by atoms with Gasteiger partial charge in [-0.15, -0.1) is 0 Å². The van der Waals surface area contributed by atoms with Gasteiger partial charge in [0.15, 0.2) is 0 Å². The van der Waals surface area contributed by atoms with Gasteiger partial charge in [0.2, 0.25) is 5.37 Å². The van der Waals surface area contributed by atoms with Gasteiger partial charge in [0, 0.05) is 0 Å². The quantitative estimate of drug-likeness (QED) is 0.402. The van der Waals surface area contributed by atoms with Gasteiger partial charge in [0.05, 0.1) is 5.88 Å². The van der Waals surface area contributed by atoms with Crippen LogP contribution < -0.4 is 11.1 Å². The smallest absolute Gasteiger partial charge is 0.289 e. The molecule has 0 radical (unpaired) electrons. The molecule has 1 heterocycles. The standard InChI is InChI=1S/C3H6N2OS/c4-2-3(6)5-1-7-2/h2H,1,4H2,(H,5,6)/p+1. The summed E-state index contributed by atoms with van der Waals surface area (Å²) in [5.74, 6) is 0.789. The average molecular weight is 119 g/mol. The SMILES string of the molecule is [NH3+]C1SCNC1=O. The van der Waals surface area contributed by atoms with E-state index in [0.29, 0.717) is 0 Å². The summed E-state index contributed by atoms with van der Waals surface area (Å²) in [4.78, 5) is 10.4. The molecule has 0 saturated carbocycles. The monoisotopic (exact) mass is 119 g/mol. The topological polar surface area (TPSA) is 56.7 Å². The van der Waals surface area contributed by atoms with E-state index in [9.17, 15) is 4.79 Å². The van der Waals surface area contributed by atoms with Crippen LogP contribution >= 0.6 is 11.8 Å². The van der Waals surface area contributed by atoms with Crippen molar-refractivity contribution in [2.45, 2.75) is 5.37 Å². The maximum atomic E-state index is 10.4. The first-order valence-electron chi connectivity index (χ1n) is 2.03. The Morgan fingerprint density at radius 1 is 2.00 bits per heavy atom. The van der Waals surface area contributed by atoms with Crippen molar-refractivity contribution in [3.63, 3.8) is 0 Å². The molecule has 0 aromatic rings. The average Bonchev–Trinajstić information content (AvgIpc) is 1.91. The lowest BCUT2D eigenvalue weighted by Gasteiger charge is -1.86. The van der Waals surface area contributed by atoms with E-state index in [0.717, 1.165) is 5.88 Å². The molecular formula is C3H7N2OS+. The minimum Gasteiger partial charge on any atom is -0.341 e. The number of rotatable bonds is 0. The molecule has 0 bridgehead atoms. The Bertz CT molecular complexity index is 94.9. The number of carbonyl (C=O) groups is 1. The molecule has 1 unspecified atom stereocenters. The Balaban J connectivity index is 2.48. The minimum atomic E-state index is -0.0694. The van der Waals surface area contributed by atoms with Crippen LogP contribution in [0.2, 0.25) is 0 Å². The summed E-state index contributed by atoms with van der Waals surface area (Å²) in [5, 5.41) is 2.56. The van der Waals surface area contributed by atoms with Crippen molar-refractivity contribution in [2.75, 3.05) is 5.88 Å². The molecule has 1 aliphatic heterocycles. The highest BCUT2D eigenvalue weighted by atomic mass is 32.2. The van der Waals surface area contributed by atoms with Crippen LogP contribution in [-0.2, 0) is 4.79 Å². The van der Waals surface area contributed by atoms with Crippen LogP contribution in [0, 0.1) is 0 Å². The molecule has 1 aliphatic rings. The third-order valence-corrected chi connectivity index (χ3v) is 1.75. The second kappa shape index (κ2) is 1.71. The molecule has 3 nitrogen and oxygen atoms in total. The largest absolute Gasteiger partial charge is 0.341 e. The number of nitrogens with one attached hydrogen (secondary N) is 1. The molecule has 1 saturated heterocycles. The van der Waals surface area contributed by atoms with Crippen LogP contribution in [0.3, 0.4) is 0 Å². The Hall–Kier alpha value is -0.220. The van der Waals surface area contributed by atoms with E-state index < -0.39 is 0 Å². The highest BCUT2D eigenvalue weighted by molar-refractivity contribution is 8.00. The molecule has 0 aromatic heterocycles. The number of carbonyl (C=O) groups excluding carboxylic acids is 1. The number of hydrogen-bond acceptors (Lipinski definition) is 2. The van der Waals surface area contributed by atoms with Crippen molar-refractivity contribution in [1.29, 1.82) is 0 Å². The molecule has 0 spiro atoms. The Labute approximate surface area is 45.6 Å². The summed E-state index contributed by atoms with van der Waals surface area (Å²) in [5.41, 5.74) is 3.57. The van der Waals surface area contributed by atoms with Crippen LogP contribution in [-0.4, -0.2) is 17.2 Å². The van der Waals surface area contributed by atoms with Crippen molar-refractivity contribution >= 4 is 17.7 Å². The van der Waals surface area contributed by atoms with Crippen molar-refractivity contribution in [3.05, 3.63) is 0 Å². The Morgan fingerprint density at radius 3 is 2.86 bits per heavy atom. The molecule has 4 N–H and O–H groups in total. The molecule has 1 rings (SSSR count). The summed E-state index contributed by atoms with van der Waals surface area (Å²) >= 11 is 1.53. The predicted molar refractivity (Wildman–Crippen MR) is 27.3 cm³/mol. The molecule has 1 fully saturated rings. The highest BCUT2D eigenvalue weighted by Gasteiger charge is 2.22. The van der Waals surface area contributed by atoms with Gasteiger partial charge in [-0.1, -0.05) is 11.8 Å². The number of thioether (sulfide) groups is 1. The second-order valence-electron chi connectivity index (χ2n) is 1.34. The van der Waals surface area contributed by atoms with Crippen molar-refractivity contribution in [3.8, 4) is 0 Å². The van der Waals surface area contributed by atoms with Gasteiger partial charge < -0.3 is 11.1 Å². The fraction of sp³-hybridized carbons (Fsp3) is 0.667. The zero-order valence-corrected chi connectivity index (χ0v) is 4.62. The van der Waals surface area contributed by atoms with Crippen LogP contribution in [0.5, 0.6) is 0 Å². The van der Waals surface area contributed by atoms with E-state index in [1.54, 1.807) is 0 Å². The molecule has 0 aliphatic carbocycles. The van der Waals surface area contributed by atoms with E-state index in [1.165, 1.54) is 11.8 Å². The number of quaternary nitrogens is 1. The van der Waals surface area contributed by atoms with E-state index in [2.05, 4.69) is 11.1 Å². The van der Waals surface area contributed by atoms with Gasteiger partial charge in [-0.25, -0.2) is 0 Å². The van der Waals surface area contributed by atoms with Gasteiger partial charge in [-0.05, 0) is 0 Å². The molecule has 4 heteroatoms. The highest BCUT2D eigenvalue weighted by Crippen LogP contribution is 2.06. The van der Waals surface area contributed by atoms with E-state index in [4.69, 9.17) is 0 Å². The molecular weight excluding hydrogens is 112 g/mol. The number of amides is 1. The van der Waals surface area contributed by atoms with Crippen molar-refractivity contribution in [2.24, 2.45) is 0 Å². The maximum Gasteiger partial charge on any atom is 0.289 e. The van der Waals surface area contributed by atoms with Gasteiger partial charge >= 0.3 is 0 Å². The fourth-order valence-electron chi connectivity index (χ4n) is 0.403. The summed E-state index contributed by atoms with van der Waals surface area (Å²) in [6.07, 6.45) is 0. The molecule has 1 amide bonds. The zero-order valence-electron chi connectivity index (χ0n) is 3.81. The Kier molecular flexibility index (Phi) is 1.21. The van der Waals surface area contributed by atoms with Gasteiger partial charge in [-0.2, -0.15) is 0 Å². The molecule has 7 heavy (non-hydrogen) atoms. The Morgan fingerprint density at radius 2 is 2.71 bits per heavy atom.